The summed E-state index contributed by atoms with van der Waals surface area (Å²) in [7, 11) is 3.49. The summed E-state index contributed by atoms with van der Waals surface area (Å²) in [5.74, 6) is 3.33. The number of carbonyl (C=O) groups is 1. The quantitative estimate of drug-likeness (QED) is 0.753. The normalized spacial score (nSPS) is 37.5. The lowest BCUT2D eigenvalue weighted by Crippen LogP contribution is -2.57. The minimum Gasteiger partial charge on any atom is -0.497 e. The fourth-order valence-corrected chi connectivity index (χ4v) is 7.06. The van der Waals surface area contributed by atoms with E-state index in [0.717, 1.165) is 43.6 Å². The molecule has 1 aromatic rings. The fraction of sp³-hybridized carbons (Fsp3) is 0.696. The van der Waals surface area contributed by atoms with Crippen molar-refractivity contribution in [1.29, 1.82) is 0 Å². The number of fused-ring (bicyclic) bond motifs is 5. The summed E-state index contributed by atoms with van der Waals surface area (Å²) in [6.07, 6.45) is 5.06. The minimum absolute atomic E-state index is 0.120. The smallest absolute Gasteiger partial charge is 0.138 e. The van der Waals surface area contributed by atoms with Gasteiger partial charge in [0.15, 0.2) is 0 Å². The number of Topliss-reactive ketones (excluding diaryl/α,β-unsaturated/α-hetero) is 1. The van der Waals surface area contributed by atoms with Crippen LogP contribution in [0.3, 0.4) is 0 Å². The summed E-state index contributed by atoms with van der Waals surface area (Å²) >= 11 is 0. The van der Waals surface area contributed by atoms with Gasteiger partial charge < -0.3 is 9.47 Å². The molecule has 0 spiro atoms. The van der Waals surface area contributed by atoms with E-state index < -0.39 is 0 Å². The number of carbonyl (C=O) groups excluding carboxylic acids is 1. The van der Waals surface area contributed by atoms with Crippen LogP contribution in [0.25, 0.3) is 0 Å². The van der Waals surface area contributed by atoms with E-state index in [2.05, 4.69) is 33.8 Å². The Morgan fingerprint density at radius 3 is 2.38 bits per heavy atom. The molecule has 0 saturated heterocycles. The first-order valence-electron chi connectivity index (χ1n) is 9.97. The van der Waals surface area contributed by atoms with Crippen LogP contribution in [0.1, 0.15) is 64.5 Å². The molecule has 2 fully saturated rings. The number of hydrogen-bond acceptors (Lipinski definition) is 3. The number of methoxy groups -OCH3 is 2. The molecule has 0 heterocycles. The Bertz CT molecular complexity index is 765. The fourth-order valence-electron chi connectivity index (χ4n) is 7.06. The molecule has 3 aliphatic rings. The van der Waals surface area contributed by atoms with Crippen molar-refractivity contribution in [2.24, 2.45) is 22.7 Å². The van der Waals surface area contributed by atoms with Crippen molar-refractivity contribution in [3.8, 4) is 11.5 Å². The van der Waals surface area contributed by atoms with Gasteiger partial charge in [-0.2, -0.15) is 0 Å². The zero-order valence-corrected chi connectivity index (χ0v) is 17.1. The zero-order valence-electron chi connectivity index (χ0n) is 17.1. The molecule has 3 nitrogen and oxygen atoms in total. The summed E-state index contributed by atoms with van der Waals surface area (Å²) in [6.45, 7) is 9.27. The van der Waals surface area contributed by atoms with Crippen LogP contribution < -0.4 is 9.47 Å². The van der Waals surface area contributed by atoms with Gasteiger partial charge in [-0.25, -0.2) is 0 Å². The SMILES string of the molecule is COc1cc2c(c(OC)c1)[C@]1(C)CC[C@H]3C(C)(C)C(=O)CC[C@]3(C)[C@H]1C2. The second-order valence-electron chi connectivity index (χ2n) is 9.78. The van der Waals surface area contributed by atoms with E-state index in [1.54, 1.807) is 14.2 Å². The third-order valence-corrected chi connectivity index (χ3v) is 8.40. The summed E-state index contributed by atoms with van der Waals surface area (Å²) in [6, 6.07) is 4.24. The van der Waals surface area contributed by atoms with Gasteiger partial charge in [-0.3, -0.25) is 4.79 Å². The monoisotopic (exact) mass is 356 g/mol. The second-order valence-corrected chi connectivity index (χ2v) is 9.78. The third kappa shape index (κ3) is 2.09. The number of ether oxygens (including phenoxy) is 2. The minimum atomic E-state index is -0.203. The van der Waals surface area contributed by atoms with Gasteiger partial charge in [0.05, 0.1) is 14.2 Å². The molecular formula is C23H32O3. The number of hydrogen-bond donors (Lipinski definition) is 0. The van der Waals surface area contributed by atoms with Gasteiger partial charge in [-0.15, -0.1) is 0 Å². The van der Waals surface area contributed by atoms with Crippen molar-refractivity contribution in [1.82, 2.24) is 0 Å². The first-order chi connectivity index (χ1) is 12.2. The van der Waals surface area contributed by atoms with Crippen molar-refractivity contribution >= 4 is 5.78 Å². The van der Waals surface area contributed by atoms with Crippen LogP contribution in [-0.4, -0.2) is 20.0 Å². The lowest BCUT2D eigenvalue weighted by Gasteiger charge is -2.60. The molecule has 4 rings (SSSR count). The Balaban J connectivity index is 1.84. The zero-order chi connectivity index (χ0) is 18.9. The highest BCUT2D eigenvalue weighted by Gasteiger charge is 2.63. The highest BCUT2D eigenvalue weighted by Crippen LogP contribution is 2.68. The molecule has 0 amide bonds. The van der Waals surface area contributed by atoms with E-state index in [1.165, 1.54) is 11.1 Å². The van der Waals surface area contributed by atoms with E-state index in [4.69, 9.17) is 9.47 Å². The molecule has 0 bridgehead atoms. The third-order valence-electron chi connectivity index (χ3n) is 8.40. The van der Waals surface area contributed by atoms with Crippen molar-refractivity contribution in [3.63, 3.8) is 0 Å². The Morgan fingerprint density at radius 2 is 1.73 bits per heavy atom. The molecule has 1 aromatic carbocycles. The predicted molar refractivity (Wildman–Crippen MR) is 103 cm³/mol. The Hall–Kier alpha value is -1.51. The van der Waals surface area contributed by atoms with Gasteiger partial charge in [0.2, 0.25) is 0 Å². The second kappa shape index (κ2) is 5.50. The van der Waals surface area contributed by atoms with E-state index in [0.29, 0.717) is 17.6 Å². The number of benzene rings is 1. The maximum Gasteiger partial charge on any atom is 0.138 e. The van der Waals surface area contributed by atoms with Gasteiger partial charge in [0, 0.05) is 28.9 Å². The summed E-state index contributed by atoms with van der Waals surface area (Å²) < 4.78 is 11.3. The van der Waals surface area contributed by atoms with Crippen LogP contribution in [0.15, 0.2) is 12.1 Å². The molecule has 0 aromatic heterocycles. The van der Waals surface area contributed by atoms with E-state index in [1.807, 2.05) is 6.07 Å². The summed E-state index contributed by atoms with van der Waals surface area (Å²) in [5.41, 5.74) is 2.88. The molecular weight excluding hydrogens is 324 g/mol. The summed E-state index contributed by atoms with van der Waals surface area (Å²) in [5, 5.41) is 0. The first-order valence-corrected chi connectivity index (χ1v) is 9.97. The van der Waals surface area contributed by atoms with Crippen molar-refractivity contribution < 1.29 is 14.3 Å². The highest BCUT2D eigenvalue weighted by atomic mass is 16.5. The largest absolute Gasteiger partial charge is 0.497 e. The predicted octanol–water partition coefficient (Wildman–Crippen LogP) is 4.94. The molecule has 2 saturated carbocycles. The van der Waals surface area contributed by atoms with E-state index >= 15 is 0 Å². The molecule has 3 aliphatic carbocycles. The van der Waals surface area contributed by atoms with Gasteiger partial charge in [-0.05, 0) is 54.6 Å². The maximum absolute atomic E-state index is 12.7. The van der Waals surface area contributed by atoms with E-state index in [-0.39, 0.29) is 16.2 Å². The van der Waals surface area contributed by atoms with Crippen LogP contribution >= 0.6 is 0 Å². The van der Waals surface area contributed by atoms with Crippen molar-refractivity contribution in [2.45, 2.75) is 65.2 Å². The molecule has 26 heavy (non-hydrogen) atoms. The molecule has 4 atom stereocenters. The topological polar surface area (TPSA) is 35.5 Å². The van der Waals surface area contributed by atoms with E-state index in [9.17, 15) is 4.79 Å². The lowest BCUT2D eigenvalue weighted by molar-refractivity contribution is -0.151. The van der Waals surface area contributed by atoms with Gasteiger partial charge in [0.25, 0.3) is 0 Å². The van der Waals surface area contributed by atoms with Gasteiger partial charge >= 0.3 is 0 Å². The highest BCUT2D eigenvalue weighted by molar-refractivity contribution is 5.85. The Kier molecular flexibility index (Phi) is 3.78. The average Bonchev–Trinajstić information content (AvgIpc) is 2.92. The molecule has 142 valence electrons. The van der Waals surface area contributed by atoms with Crippen molar-refractivity contribution in [2.75, 3.05) is 14.2 Å². The number of rotatable bonds is 2. The molecule has 0 N–H and O–H groups in total. The van der Waals surface area contributed by atoms with Crippen molar-refractivity contribution in [3.05, 3.63) is 23.3 Å². The number of ketones is 1. The van der Waals surface area contributed by atoms with Crippen LogP contribution in [0.2, 0.25) is 0 Å². The van der Waals surface area contributed by atoms with Crippen LogP contribution in [0.4, 0.5) is 0 Å². The Labute approximate surface area is 157 Å². The van der Waals surface area contributed by atoms with Crippen LogP contribution in [0.5, 0.6) is 11.5 Å². The van der Waals surface area contributed by atoms with Gasteiger partial charge in [-0.1, -0.05) is 27.7 Å². The first kappa shape index (κ1) is 17.9. The van der Waals surface area contributed by atoms with Gasteiger partial charge in [0.1, 0.15) is 17.3 Å². The van der Waals surface area contributed by atoms with Crippen LogP contribution in [-0.2, 0) is 16.6 Å². The van der Waals surface area contributed by atoms with Crippen LogP contribution in [0, 0.1) is 22.7 Å². The molecule has 3 heteroatoms. The standard InChI is InChI=1S/C23H32O3/c1-21(2)17-7-9-23(4)18(22(17,3)10-8-19(21)24)12-14-11-15(25-5)13-16(26-6)20(14)23/h11,13,17-18H,7-10,12H2,1-6H3/t17-,18+,22-,23+/m0/s1. The average molecular weight is 357 g/mol. The molecule has 0 aliphatic heterocycles. The molecule has 0 unspecified atom stereocenters. The maximum atomic E-state index is 12.7. The molecule has 0 radical (unpaired) electrons. The summed E-state index contributed by atoms with van der Waals surface area (Å²) in [4.78, 5) is 12.7. The lowest BCUT2D eigenvalue weighted by atomic mass is 9.43. The Morgan fingerprint density at radius 1 is 1.00 bits per heavy atom.